The van der Waals surface area contributed by atoms with Crippen molar-refractivity contribution in [3.63, 3.8) is 0 Å². The first-order chi connectivity index (χ1) is 12.9. The zero-order valence-electron chi connectivity index (χ0n) is 14.5. The van der Waals surface area contributed by atoms with E-state index in [2.05, 4.69) is 10.2 Å². The minimum Gasteiger partial charge on any atom is -0.433 e. The highest BCUT2D eigenvalue weighted by molar-refractivity contribution is 5.94. The van der Waals surface area contributed by atoms with Crippen LogP contribution in [0.4, 0.5) is 13.2 Å². The van der Waals surface area contributed by atoms with Gasteiger partial charge in [-0.1, -0.05) is 0 Å². The number of hydrogen-bond acceptors (Lipinski definition) is 4. The number of fused-ring (bicyclic) bond motifs is 2. The quantitative estimate of drug-likeness (QED) is 0.874. The van der Waals surface area contributed by atoms with E-state index >= 15 is 0 Å². The molecule has 2 aliphatic heterocycles. The molecule has 3 unspecified atom stereocenters. The van der Waals surface area contributed by atoms with E-state index in [-0.39, 0.29) is 23.6 Å². The Kier molecular flexibility index (Phi) is 4.59. The fraction of sp³-hybridized carbons (Fsp3) is 0.421. The van der Waals surface area contributed by atoms with Crippen molar-refractivity contribution in [2.75, 3.05) is 19.6 Å². The summed E-state index contributed by atoms with van der Waals surface area (Å²) in [4.78, 5) is 14.8. The summed E-state index contributed by atoms with van der Waals surface area (Å²) in [5.74, 6) is 0.531. The first-order valence-electron chi connectivity index (χ1n) is 8.84. The average Bonchev–Trinajstić information content (AvgIpc) is 3.22. The Morgan fingerprint density at radius 2 is 2.00 bits per heavy atom. The van der Waals surface area contributed by atoms with E-state index in [1.54, 1.807) is 12.1 Å². The number of benzene rings is 1. The molecule has 3 atom stereocenters. The van der Waals surface area contributed by atoms with Gasteiger partial charge in [-0.2, -0.15) is 13.2 Å². The molecular weight excluding hydrogens is 361 g/mol. The van der Waals surface area contributed by atoms with Crippen molar-refractivity contribution >= 4 is 5.91 Å². The molecule has 144 valence electrons. The molecule has 2 fully saturated rings. The van der Waals surface area contributed by atoms with Crippen LogP contribution in [-0.4, -0.2) is 36.5 Å². The first-order valence-corrected chi connectivity index (χ1v) is 8.84. The lowest BCUT2D eigenvalue weighted by Crippen LogP contribution is -2.46. The summed E-state index contributed by atoms with van der Waals surface area (Å²) in [6.07, 6.45) is -1.68. The molecule has 1 amide bonds. The monoisotopic (exact) mass is 380 g/mol. The van der Waals surface area contributed by atoms with Gasteiger partial charge in [0.25, 0.3) is 11.9 Å². The lowest BCUT2D eigenvalue weighted by Gasteiger charge is -2.30. The Balaban J connectivity index is 1.35. The molecule has 0 aliphatic carbocycles. The van der Waals surface area contributed by atoms with E-state index in [1.807, 2.05) is 0 Å². The minimum atomic E-state index is -4.48. The Morgan fingerprint density at radius 1 is 1.22 bits per heavy atom. The molecule has 8 heteroatoms. The van der Waals surface area contributed by atoms with Crippen LogP contribution in [-0.2, 0) is 6.18 Å². The van der Waals surface area contributed by atoms with Crippen molar-refractivity contribution in [3.8, 4) is 11.7 Å². The van der Waals surface area contributed by atoms with Crippen LogP contribution in [0.3, 0.4) is 0 Å². The van der Waals surface area contributed by atoms with Gasteiger partial charge in [-0.3, -0.25) is 4.79 Å². The van der Waals surface area contributed by atoms with Crippen LogP contribution < -0.4 is 10.1 Å². The summed E-state index contributed by atoms with van der Waals surface area (Å²) in [6, 6.07) is 7.15. The van der Waals surface area contributed by atoms with Crippen molar-refractivity contribution in [1.82, 2.24) is 10.2 Å². The van der Waals surface area contributed by atoms with Crippen LogP contribution in [0, 0.1) is 5.92 Å². The van der Waals surface area contributed by atoms with Crippen molar-refractivity contribution < 1.29 is 27.1 Å². The van der Waals surface area contributed by atoms with Crippen molar-refractivity contribution in [1.29, 1.82) is 0 Å². The normalized spacial score (nSPS) is 24.6. The second kappa shape index (κ2) is 6.92. The molecule has 2 aliphatic rings. The summed E-state index contributed by atoms with van der Waals surface area (Å²) in [5.41, 5.74) is -0.434. The van der Waals surface area contributed by atoms with Crippen LogP contribution in [0.5, 0.6) is 11.7 Å². The Hall–Kier alpha value is -2.48. The van der Waals surface area contributed by atoms with Gasteiger partial charge in [0.2, 0.25) is 0 Å². The standard InChI is InChI=1S/C19H19F3N2O3/c20-19(21,22)14-8-17(26-11-14)27-16-3-1-13(2-4-16)18(25)23-15-7-12-5-6-24(9-12)10-15/h1-4,8,11-12,15H,5-7,9-10H2,(H,23,25). The predicted molar refractivity (Wildman–Crippen MR) is 90.6 cm³/mol. The van der Waals surface area contributed by atoms with Gasteiger partial charge in [0.05, 0.1) is 5.56 Å². The van der Waals surface area contributed by atoms with Crippen molar-refractivity contribution in [3.05, 3.63) is 47.7 Å². The number of furan rings is 1. The first kappa shape index (κ1) is 17.9. The number of amides is 1. The lowest BCUT2D eigenvalue weighted by molar-refractivity contribution is -0.137. The zero-order valence-corrected chi connectivity index (χ0v) is 14.5. The highest BCUT2D eigenvalue weighted by Gasteiger charge is 2.34. The zero-order chi connectivity index (χ0) is 19.0. The maximum Gasteiger partial charge on any atom is 0.419 e. The number of rotatable bonds is 4. The highest BCUT2D eigenvalue weighted by atomic mass is 19.4. The van der Waals surface area contributed by atoms with Crippen molar-refractivity contribution in [2.45, 2.75) is 25.1 Å². The Bertz CT molecular complexity index is 804. The molecule has 2 saturated heterocycles. The molecule has 1 aromatic carbocycles. The Labute approximate surface area is 154 Å². The molecule has 27 heavy (non-hydrogen) atoms. The molecule has 0 spiro atoms. The van der Waals surface area contributed by atoms with Crippen LogP contribution in [0.15, 0.2) is 41.0 Å². The van der Waals surface area contributed by atoms with E-state index in [9.17, 15) is 18.0 Å². The van der Waals surface area contributed by atoms with Gasteiger partial charge in [0.1, 0.15) is 12.0 Å². The molecule has 1 N–H and O–H groups in total. The molecular formula is C19H19F3N2O3. The van der Waals surface area contributed by atoms with E-state index in [4.69, 9.17) is 9.15 Å². The predicted octanol–water partition coefficient (Wildman–Crippen LogP) is 3.91. The molecule has 0 radical (unpaired) electrons. The summed E-state index contributed by atoms with van der Waals surface area (Å²) in [6.45, 7) is 3.11. The summed E-state index contributed by atoms with van der Waals surface area (Å²) >= 11 is 0. The van der Waals surface area contributed by atoms with Crippen LogP contribution in [0.2, 0.25) is 0 Å². The number of piperidine rings is 1. The molecule has 4 rings (SSSR count). The average molecular weight is 380 g/mol. The lowest BCUT2D eigenvalue weighted by atomic mass is 9.96. The largest absolute Gasteiger partial charge is 0.433 e. The fourth-order valence-electron chi connectivity index (χ4n) is 3.74. The molecule has 1 aromatic heterocycles. The smallest absolute Gasteiger partial charge is 0.419 e. The van der Waals surface area contributed by atoms with Crippen LogP contribution in [0.1, 0.15) is 28.8 Å². The summed E-state index contributed by atoms with van der Waals surface area (Å²) in [7, 11) is 0. The number of hydrogen-bond donors (Lipinski definition) is 1. The van der Waals surface area contributed by atoms with Gasteiger partial charge in [-0.05, 0) is 49.6 Å². The molecule has 5 nitrogen and oxygen atoms in total. The van der Waals surface area contributed by atoms with E-state index in [0.717, 1.165) is 32.1 Å². The Morgan fingerprint density at radius 3 is 2.67 bits per heavy atom. The van der Waals surface area contributed by atoms with Gasteiger partial charge in [0.15, 0.2) is 0 Å². The maximum absolute atomic E-state index is 12.6. The third-order valence-corrected chi connectivity index (χ3v) is 5.04. The summed E-state index contributed by atoms with van der Waals surface area (Å²) in [5, 5.41) is 3.06. The summed E-state index contributed by atoms with van der Waals surface area (Å²) < 4.78 is 47.7. The molecule has 2 bridgehead atoms. The minimum absolute atomic E-state index is 0.151. The van der Waals surface area contributed by atoms with Gasteiger partial charge < -0.3 is 19.4 Å². The third kappa shape index (κ3) is 4.10. The van der Waals surface area contributed by atoms with Gasteiger partial charge >= 0.3 is 6.18 Å². The number of carbonyl (C=O) groups is 1. The fourth-order valence-corrected chi connectivity index (χ4v) is 3.74. The van der Waals surface area contributed by atoms with E-state index in [1.165, 1.54) is 18.6 Å². The highest BCUT2D eigenvalue weighted by Crippen LogP contribution is 2.34. The third-order valence-electron chi connectivity index (χ3n) is 5.04. The number of carbonyl (C=O) groups excluding carboxylic acids is 1. The molecule has 2 aromatic rings. The number of nitrogens with one attached hydrogen (secondary N) is 1. The van der Waals surface area contributed by atoms with Crippen LogP contribution >= 0.6 is 0 Å². The van der Waals surface area contributed by atoms with E-state index < -0.39 is 11.7 Å². The topological polar surface area (TPSA) is 54.7 Å². The van der Waals surface area contributed by atoms with Gasteiger partial charge in [0, 0.05) is 30.8 Å². The van der Waals surface area contributed by atoms with Gasteiger partial charge in [-0.15, -0.1) is 0 Å². The SMILES string of the molecule is O=C(NC1CC2CCN(C2)C1)c1ccc(Oc2cc(C(F)(F)F)co2)cc1. The number of halogens is 3. The molecule has 0 saturated carbocycles. The maximum atomic E-state index is 12.6. The van der Waals surface area contributed by atoms with E-state index in [0.29, 0.717) is 17.7 Å². The second-order valence-electron chi connectivity index (χ2n) is 7.10. The molecule has 3 heterocycles. The second-order valence-corrected chi connectivity index (χ2v) is 7.10. The number of alkyl halides is 3. The number of nitrogens with zero attached hydrogens (tertiary/aromatic N) is 1. The van der Waals surface area contributed by atoms with Crippen LogP contribution in [0.25, 0.3) is 0 Å². The number of ether oxygens (including phenoxy) is 1. The van der Waals surface area contributed by atoms with Gasteiger partial charge in [-0.25, -0.2) is 0 Å². The van der Waals surface area contributed by atoms with Crippen molar-refractivity contribution in [2.24, 2.45) is 5.92 Å².